The molecule has 0 fully saturated rings. The summed E-state index contributed by atoms with van der Waals surface area (Å²) in [7, 11) is 4.06. The lowest BCUT2D eigenvalue weighted by Gasteiger charge is -2.13. The molecule has 2 heteroatoms. The highest BCUT2D eigenvalue weighted by Crippen LogP contribution is 2.22. The summed E-state index contributed by atoms with van der Waals surface area (Å²) >= 11 is 0. The number of anilines is 1. The smallest absolute Gasteiger partial charge is 0.0935 e. The average molecular weight is 172 g/mol. The van der Waals surface area contributed by atoms with Gasteiger partial charge in [0, 0.05) is 25.7 Å². The van der Waals surface area contributed by atoms with Gasteiger partial charge in [-0.3, -0.25) is 4.98 Å². The number of pyridine rings is 1. The van der Waals surface area contributed by atoms with Crippen molar-refractivity contribution in [2.24, 2.45) is 0 Å². The molecular formula is C11H12N2. The standard InChI is InChI=1S/C11H12N2/c1-13(2)10-7-3-5-9-6-4-8-12-11(9)10/h3-8H,1-2H3. The molecule has 2 rings (SSSR count). The van der Waals surface area contributed by atoms with Crippen LogP contribution >= 0.6 is 0 Å². The maximum Gasteiger partial charge on any atom is 0.0935 e. The Balaban J connectivity index is 2.76. The van der Waals surface area contributed by atoms with Gasteiger partial charge < -0.3 is 4.90 Å². The highest BCUT2D eigenvalue weighted by Gasteiger charge is 2.01. The van der Waals surface area contributed by atoms with Gasteiger partial charge in [-0.2, -0.15) is 0 Å². The van der Waals surface area contributed by atoms with Crippen molar-refractivity contribution in [3.05, 3.63) is 36.5 Å². The number of hydrogen-bond donors (Lipinski definition) is 0. The zero-order chi connectivity index (χ0) is 9.26. The average Bonchev–Trinajstić information content (AvgIpc) is 2.17. The van der Waals surface area contributed by atoms with Gasteiger partial charge in [0.1, 0.15) is 0 Å². The molecule has 0 unspecified atom stereocenters. The van der Waals surface area contributed by atoms with E-state index in [0.29, 0.717) is 0 Å². The summed E-state index contributed by atoms with van der Waals surface area (Å²) in [6.07, 6.45) is 1.83. The fourth-order valence-electron chi connectivity index (χ4n) is 1.45. The molecule has 0 N–H and O–H groups in total. The number of benzene rings is 1. The molecule has 0 aliphatic carbocycles. The number of aromatic nitrogens is 1. The minimum Gasteiger partial charge on any atom is -0.376 e. The van der Waals surface area contributed by atoms with E-state index < -0.39 is 0 Å². The van der Waals surface area contributed by atoms with Crippen LogP contribution in [0.4, 0.5) is 5.69 Å². The van der Waals surface area contributed by atoms with Crippen molar-refractivity contribution in [1.82, 2.24) is 4.98 Å². The number of para-hydroxylation sites is 1. The Morgan fingerprint density at radius 1 is 1.08 bits per heavy atom. The predicted molar refractivity (Wildman–Crippen MR) is 56.1 cm³/mol. The second-order valence-corrected chi connectivity index (χ2v) is 3.25. The molecule has 1 heterocycles. The molecule has 0 saturated heterocycles. The minimum atomic E-state index is 1.06. The Kier molecular flexibility index (Phi) is 1.89. The van der Waals surface area contributed by atoms with E-state index in [1.165, 1.54) is 5.39 Å². The fraction of sp³-hybridized carbons (Fsp3) is 0.182. The first-order valence-corrected chi connectivity index (χ1v) is 4.30. The van der Waals surface area contributed by atoms with Crippen molar-refractivity contribution >= 4 is 16.6 Å². The Bertz CT molecular complexity index is 416. The molecule has 0 atom stereocenters. The summed E-state index contributed by atoms with van der Waals surface area (Å²) in [5.74, 6) is 0. The van der Waals surface area contributed by atoms with Crippen LogP contribution in [0.1, 0.15) is 0 Å². The Morgan fingerprint density at radius 2 is 1.85 bits per heavy atom. The van der Waals surface area contributed by atoms with Gasteiger partial charge in [-0.25, -0.2) is 0 Å². The summed E-state index contributed by atoms with van der Waals surface area (Å²) in [6, 6.07) is 10.3. The van der Waals surface area contributed by atoms with E-state index in [0.717, 1.165) is 11.2 Å². The number of nitrogens with zero attached hydrogens (tertiary/aromatic N) is 2. The highest BCUT2D eigenvalue weighted by molar-refractivity contribution is 5.90. The first-order valence-electron chi connectivity index (χ1n) is 4.30. The molecular weight excluding hydrogens is 160 g/mol. The second-order valence-electron chi connectivity index (χ2n) is 3.25. The second kappa shape index (κ2) is 3.05. The van der Waals surface area contributed by atoms with E-state index in [-0.39, 0.29) is 0 Å². The van der Waals surface area contributed by atoms with E-state index >= 15 is 0 Å². The van der Waals surface area contributed by atoms with Crippen molar-refractivity contribution < 1.29 is 0 Å². The molecule has 13 heavy (non-hydrogen) atoms. The van der Waals surface area contributed by atoms with Crippen LogP contribution in [0, 0.1) is 0 Å². The maximum atomic E-state index is 4.36. The van der Waals surface area contributed by atoms with Crippen LogP contribution in [-0.4, -0.2) is 19.1 Å². The summed E-state index contributed by atoms with van der Waals surface area (Å²) < 4.78 is 0. The third-order valence-electron chi connectivity index (χ3n) is 2.09. The molecule has 0 spiro atoms. The third-order valence-corrected chi connectivity index (χ3v) is 2.09. The Morgan fingerprint density at radius 3 is 2.62 bits per heavy atom. The van der Waals surface area contributed by atoms with Crippen molar-refractivity contribution in [3.8, 4) is 0 Å². The van der Waals surface area contributed by atoms with E-state index in [4.69, 9.17) is 0 Å². The zero-order valence-corrected chi connectivity index (χ0v) is 7.86. The SMILES string of the molecule is CN(C)c1cccc2cccnc12. The molecule has 0 aliphatic heterocycles. The maximum absolute atomic E-state index is 4.36. The van der Waals surface area contributed by atoms with Gasteiger partial charge in [-0.15, -0.1) is 0 Å². The summed E-state index contributed by atoms with van der Waals surface area (Å²) in [4.78, 5) is 6.44. The Labute approximate surface area is 77.8 Å². The largest absolute Gasteiger partial charge is 0.376 e. The van der Waals surface area contributed by atoms with Crippen molar-refractivity contribution in [2.75, 3.05) is 19.0 Å². The first-order chi connectivity index (χ1) is 6.29. The fourth-order valence-corrected chi connectivity index (χ4v) is 1.45. The van der Waals surface area contributed by atoms with Gasteiger partial charge in [-0.1, -0.05) is 18.2 Å². The molecule has 2 nitrogen and oxygen atoms in total. The predicted octanol–water partition coefficient (Wildman–Crippen LogP) is 2.30. The Hall–Kier alpha value is -1.57. The first kappa shape index (κ1) is 8.05. The van der Waals surface area contributed by atoms with Crippen molar-refractivity contribution in [2.45, 2.75) is 0 Å². The molecule has 0 amide bonds. The lowest BCUT2D eigenvalue weighted by molar-refractivity contribution is 1.13. The van der Waals surface area contributed by atoms with E-state index in [2.05, 4.69) is 34.1 Å². The summed E-state index contributed by atoms with van der Waals surface area (Å²) in [5.41, 5.74) is 2.23. The van der Waals surface area contributed by atoms with Crippen molar-refractivity contribution in [1.29, 1.82) is 0 Å². The van der Waals surface area contributed by atoms with Crippen LogP contribution in [-0.2, 0) is 0 Å². The molecule has 0 bridgehead atoms. The molecule has 1 aromatic heterocycles. The molecule has 1 aromatic carbocycles. The monoisotopic (exact) mass is 172 g/mol. The van der Waals surface area contributed by atoms with Gasteiger partial charge in [0.05, 0.1) is 11.2 Å². The number of fused-ring (bicyclic) bond motifs is 1. The molecule has 0 radical (unpaired) electrons. The lowest BCUT2D eigenvalue weighted by Crippen LogP contribution is -2.09. The van der Waals surface area contributed by atoms with E-state index in [1.807, 2.05) is 26.4 Å². The van der Waals surface area contributed by atoms with Gasteiger partial charge in [-0.05, 0) is 12.1 Å². The topological polar surface area (TPSA) is 16.1 Å². The lowest BCUT2D eigenvalue weighted by atomic mass is 10.2. The molecule has 0 saturated carbocycles. The van der Waals surface area contributed by atoms with Crippen LogP contribution in [0.3, 0.4) is 0 Å². The molecule has 0 aliphatic rings. The quantitative estimate of drug-likeness (QED) is 0.656. The zero-order valence-electron chi connectivity index (χ0n) is 7.86. The van der Waals surface area contributed by atoms with Gasteiger partial charge in [0.15, 0.2) is 0 Å². The number of rotatable bonds is 1. The van der Waals surface area contributed by atoms with Gasteiger partial charge in [0.25, 0.3) is 0 Å². The van der Waals surface area contributed by atoms with Gasteiger partial charge >= 0.3 is 0 Å². The van der Waals surface area contributed by atoms with Crippen LogP contribution in [0.5, 0.6) is 0 Å². The molecule has 66 valence electrons. The minimum absolute atomic E-state index is 1.06. The van der Waals surface area contributed by atoms with Crippen molar-refractivity contribution in [3.63, 3.8) is 0 Å². The van der Waals surface area contributed by atoms with Crippen LogP contribution in [0.2, 0.25) is 0 Å². The normalized spacial score (nSPS) is 10.3. The van der Waals surface area contributed by atoms with Crippen LogP contribution < -0.4 is 4.90 Å². The summed E-state index contributed by atoms with van der Waals surface area (Å²) in [6.45, 7) is 0. The van der Waals surface area contributed by atoms with Crippen LogP contribution in [0.25, 0.3) is 10.9 Å². The highest BCUT2D eigenvalue weighted by atomic mass is 15.1. The van der Waals surface area contributed by atoms with E-state index in [1.54, 1.807) is 0 Å². The van der Waals surface area contributed by atoms with E-state index in [9.17, 15) is 0 Å². The molecule has 2 aromatic rings. The van der Waals surface area contributed by atoms with Crippen LogP contribution in [0.15, 0.2) is 36.5 Å². The summed E-state index contributed by atoms with van der Waals surface area (Å²) in [5, 5.41) is 1.19. The van der Waals surface area contributed by atoms with Gasteiger partial charge in [0.2, 0.25) is 0 Å². The third kappa shape index (κ3) is 1.35. The number of hydrogen-bond acceptors (Lipinski definition) is 2.